The number of rotatable bonds is 6. The van der Waals surface area contributed by atoms with Gasteiger partial charge < -0.3 is 0 Å². The average Bonchev–Trinajstić information content (AvgIpc) is 2.35. The number of carbonyl (C=O) groups excluding carboxylic acids is 2. The van der Waals surface area contributed by atoms with Crippen LogP contribution in [0.1, 0.15) is 48.0 Å². The van der Waals surface area contributed by atoms with Crippen molar-refractivity contribution in [3.8, 4) is 0 Å². The molecular weight excluding hydrogens is 236 g/mol. The van der Waals surface area contributed by atoms with Crippen LogP contribution < -0.4 is 0 Å². The smallest absolute Gasteiger partial charge is 0.196 e. The van der Waals surface area contributed by atoms with Crippen molar-refractivity contribution >= 4 is 11.6 Å². The van der Waals surface area contributed by atoms with E-state index in [0.29, 0.717) is 5.57 Å². The quantitative estimate of drug-likeness (QED) is 0.304. The fourth-order valence-corrected chi connectivity index (χ4v) is 1.51. The van der Waals surface area contributed by atoms with Crippen molar-refractivity contribution in [1.82, 2.24) is 0 Å². The molecule has 0 unspecified atom stereocenters. The van der Waals surface area contributed by atoms with Gasteiger partial charge in [-0.3, -0.25) is 9.59 Å². The van der Waals surface area contributed by atoms with Crippen LogP contribution in [0.25, 0.3) is 0 Å². The lowest BCUT2D eigenvalue weighted by Gasteiger charge is -2.06. The summed E-state index contributed by atoms with van der Waals surface area (Å²) in [5, 5.41) is 0. The number of ketones is 2. The standard InChI is InChI=1S/C15H20O2.C2H6/c1-6-8-10-13(9-7-2)15(17)14(11(3)4)12(5)16;1-2/h6,8-10H,1,7H2,2-5H3;1-2H3/b10-8-,13-9+;. The summed E-state index contributed by atoms with van der Waals surface area (Å²) in [7, 11) is 0. The summed E-state index contributed by atoms with van der Waals surface area (Å²) in [4.78, 5) is 23.6. The van der Waals surface area contributed by atoms with Crippen LogP contribution in [-0.2, 0) is 9.59 Å². The first kappa shape index (κ1) is 19.6. The Morgan fingerprint density at radius 1 is 1.11 bits per heavy atom. The molecule has 0 saturated heterocycles. The molecule has 19 heavy (non-hydrogen) atoms. The van der Waals surface area contributed by atoms with Crippen LogP contribution >= 0.6 is 0 Å². The molecule has 0 aliphatic carbocycles. The summed E-state index contributed by atoms with van der Waals surface area (Å²) < 4.78 is 0. The second-order valence-electron chi connectivity index (χ2n) is 3.92. The molecule has 2 nitrogen and oxygen atoms in total. The van der Waals surface area contributed by atoms with Crippen molar-refractivity contribution in [2.45, 2.75) is 48.0 Å². The van der Waals surface area contributed by atoms with Crippen molar-refractivity contribution in [3.05, 3.63) is 47.6 Å². The van der Waals surface area contributed by atoms with Crippen LogP contribution in [0.15, 0.2) is 47.6 Å². The monoisotopic (exact) mass is 262 g/mol. The third kappa shape index (κ3) is 7.35. The highest BCUT2D eigenvalue weighted by molar-refractivity contribution is 6.26. The van der Waals surface area contributed by atoms with Gasteiger partial charge in [0.1, 0.15) is 0 Å². The van der Waals surface area contributed by atoms with E-state index >= 15 is 0 Å². The molecule has 0 bridgehead atoms. The molecule has 0 N–H and O–H groups in total. The van der Waals surface area contributed by atoms with E-state index in [1.165, 1.54) is 6.92 Å². The highest BCUT2D eigenvalue weighted by Crippen LogP contribution is 2.14. The van der Waals surface area contributed by atoms with Gasteiger partial charge in [0.15, 0.2) is 11.6 Å². The van der Waals surface area contributed by atoms with Crippen LogP contribution in [0.4, 0.5) is 0 Å². The predicted molar refractivity (Wildman–Crippen MR) is 83.1 cm³/mol. The summed E-state index contributed by atoms with van der Waals surface area (Å²) in [5.74, 6) is -0.401. The fourth-order valence-electron chi connectivity index (χ4n) is 1.51. The minimum absolute atomic E-state index is 0.191. The average molecular weight is 262 g/mol. The molecule has 0 amide bonds. The Kier molecular flexibility index (Phi) is 11.8. The first-order valence-corrected chi connectivity index (χ1v) is 6.68. The zero-order chi connectivity index (χ0) is 15.4. The van der Waals surface area contributed by atoms with E-state index in [1.54, 1.807) is 32.1 Å². The molecule has 0 heterocycles. The van der Waals surface area contributed by atoms with Gasteiger partial charge in [0.25, 0.3) is 0 Å². The van der Waals surface area contributed by atoms with Gasteiger partial charge in [-0.25, -0.2) is 0 Å². The maximum atomic E-state index is 12.2. The Morgan fingerprint density at radius 2 is 1.63 bits per heavy atom. The van der Waals surface area contributed by atoms with Gasteiger partial charge in [-0.2, -0.15) is 0 Å². The first-order valence-electron chi connectivity index (χ1n) is 6.68. The highest BCUT2D eigenvalue weighted by atomic mass is 16.1. The molecule has 0 aliphatic heterocycles. The maximum Gasteiger partial charge on any atom is 0.196 e. The van der Waals surface area contributed by atoms with Crippen molar-refractivity contribution in [3.63, 3.8) is 0 Å². The van der Waals surface area contributed by atoms with Gasteiger partial charge in [0.2, 0.25) is 0 Å². The van der Waals surface area contributed by atoms with Gasteiger partial charge in [-0.15, -0.1) is 0 Å². The lowest BCUT2D eigenvalue weighted by Crippen LogP contribution is -2.13. The molecule has 0 aromatic heterocycles. The molecule has 106 valence electrons. The number of Topliss-reactive ketones (excluding diaryl/α,β-unsaturated/α-hetero) is 2. The van der Waals surface area contributed by atoms with Gasteiger partial charge in [-0.1, -0.05) is 57.2 Å². The summed E-state index contributed by atoms with van der Waals surface area (Å²) in [6.07, 6.45) is 7.55. The number of allylic oxidation sites excluding steroid dienone is 7. The molecule has 0 rings (SSSR count). The van der Waals surface area contributed by atoms with E-state index in [9.17, 15) is 9.59 Å². The summed E-state index contributed by atoms with van der Waals surface area (Å²) in [6, 6.07) is 0. The topological polar surface area (TPSA) is 34.1 Å². The van der Waals surface area contributed by atoms with Crippen molar-refractivity contribution in [2.24, 2.45) is 0 Å². The zero-order valence-electron chi connectivity index (χ0n) is 13.0. The highest BCUT2D eigenvalue weighted by Gasteiger charge is 2.18. The summed E-state index contributed by atoms with van der Waals surface area (Å²) in [6.45, 7) is 14.5. The van der Waals surface area contributed by atoms with Gasteiger partial charge in [0.05, 0.1) is 5.57 Å². The Hall–Kier alpha value is -1.70. The summed E-state index contributed by atoms with van der Waals surface area (Å²) in [5.41, 5.74) is 1.56. The summed E-state index contributed by atoms with van der Waals surface area (Å²) >= 11 is 0. The van der Waals surface area contributed by atoms with E-state index in [1.807, 2.05) is 26.8 Å². The Balaban J connectivity index is 0. The molecule has 0 atom stereocenters. The maximum absolute atomic E-state index is 12.2. The van der Waals surface area contributed by atoms with Crippen LogP contribution in [0.5, 0.6) is 0 Å². The molecule has 0 saturated carbocycles. The molecule has 0 fully saturated rings. The second kappa shape index (κ2) is 11.4. The third-order valence-corrected chi connectivity index (χ3v) is 2.18. The normalized spacial score (nSPS) is 10.5. The van der Waals surface area contributed by atoms with E-state index in [0.717, 1.165) is 12.0 Å². The second-order valence-corrected chi connectivity index (χ2v) is 3.92. The number of hydrogen-bond donors (Lipinski definition) is 0. The lowest BCUT2D eigenvalue weighted by atomic mass is 9.96. The zero-order valence-corrected chi connectivity index (χ0v) is 13.0. The Labute approximate surface area is 117 Å². The molecular formula is C17H26O2. The van der Waals surface area contributed by atoms with E-state index in [-0.39, 0.29) is 17.1 Å². The largest absolute Gasteiger partial charge is 0.294 e. The Bertz CT molecular complexity index is 403. The van der Waals surface area contributed by atoms with Gasteiger partial charge in [0, 0.05) is 5.57 Å². The molecule has 0 radical (unpaired) electrons. The third-order valence-electron chi connectivity index (χ3n) is 2.18. The molecule has 2 heteroatoms. The molecule has 0 aromatic carbocycles. The fraction of sp³-hybridized carbons (Fsp3) is 0.412. The van der Waals surface area contributed by atoms with Crippen molar-refractivity contribution in [2.75, 3.05) is 0 Å². The first-order chi connectivity index (χ1) is 8.95. The lowest BCUT2D eigenvalue weighted by molar-refractivity contribution is -0.118. The molecule has 0 spiro atoms. The van der Waals surface area contributed by atoms with Crippen LogP contribution in [0, 0.1) is 0 Å². The predicted octanol–water partition coefficient (Wildman–Crippen LogP) is 4.59. The number of hydrogen-bond acceptors (Lipinski definition) is 2. The van der Waals surface area contributed by atoms with E-state index < -0.39 is 0 Å². The van der Waals surface area contributed by atoms with Gasteiger partial charge >= 0.3 is 0 Å². The molecule has 0 aliphatic rings. The van der Waals surface area contributed by atoms with E-state index in [2.05, 4.69) is 6.58 Å². The van der Waals surface area contributed by atoms with E-state index in [4.69, 9.17) is 0 Å². The minimum Gasteiger partial charge on any atom is -0.294 e. The van der Waals surface area contributed by atoms with Crippen molar-refractivity contribution in [1.29, 1.82) is 0 Å². The minimum atomic E-state index is -0.211. The SMILES string of the molecule is C=C/C=C\C(=C/CC)C(=O)C(C(C)=O)=C(C)C.CC. The Morgan fingerprint density at radius 3 is 1.95 bits per heavy atom. The van der Waals surface area contributed by atoms with Crippen LogP contribution in [0.2, 0.25) is 0 Å². The van der Waals surface area contributed by atoms with Crippen LogP contribution in [-0.4, -0.2) is 11.6 Å². The number of carbonyl (C=O) groups is 2. The van der Waals surface area contributed by atoms with Crippen LogP contribution in [0.3, 0.4) is 0 Å². The molecule has 0 aromatic rings. The van der Waals surface area contributed by atoms with Crippen molar-refractivity contribution < 1.29 is 9.59 Å². The van der Waals surface area contributed by atoms with Gasteiger partial charge in [-0.05, 0) is 27.2 Å².